The van der Waals surface area contributed by atoms with Crippen LogP contribution in [-0.4, -0.2) is 53.8 Å². The predicted molar refractivity (Wildman–Crippen MR) is 118 cm³/mol. The Morgan fingerprint density at radius 2 is 1.55 bits per heavy atom. The quantitative estimate of drug-likeness (QED) is 0.548. The van der Waals surface area contributed by atoms with Crippen LogP contribution in [0.4, 0.5) is 5.69 Å². The molecule has 170 valence electrons. The summed E-state index contributed by atoms with van der Waals surface area (Å²) in [5.74, 6) is -0.154. The summed E-state index contributed by atoms with van der Waals surface area (Å²) in [6.45, 7) is 5.68. The lowest BCUT2D eigenvalue weighted by atomic mass is 10.2. The largest absolute Gasteiger partial charge is 0.484 e. The molecule has 31 heavy (non-hydrogen) atoms. The zero-order chi connectivity index (χ0) is 23.2. The smallest absolute Gasteiger partial charge is 0.262 e. The predicted octanol–water partition coefficient (Wildman–Crippen LogP) is 1.95. The van der Waals surface area contributed by atoms with Gasteiger partial charge in [-0.2, -0.15) is 4.31 Å². The van der Waals surface area contributed by atoms with E-state index < -0.39 is 26.0 Å². The third kappa shape index (κ3) is 6.03. The highest BCUT2D eigenvalue weighted by Gasteiger charge is 2.21. The zero-order valence-electron chi connectivity index (χ0n) is 17.9. The summed E-state index contributed by atoms with van der Waals surface area (Å²) in [6.07, 6.45) is 0. The van der Waals surface area contributed by atoms with E-state index in [9.17, 15) is 21.6 Å². The van der Waals surface area contributed by atoms with Gasteiger partial charge in [-0.05, 0) is 55.9 Å². The van der Waals surface area contributed by atoms with Crippen molar-refractivity contribution in [2.24, 2.45) is 0 Å². The fraction of sp³-hybridized carbons (Fsp3) is 0.350. The first-order chi connectivity index (χ1) is 14.5. The molecule has 0 aliphatic carbocycles. The van der Waals surface area contributed by atoms with Crippen molar-refractivity contribution in [1.29, 1.82) is 0 Å². The molecular weight excluding hydrogens is 442 g/mol. The first kappa shape index (κ1) is 24.8. The van der Waals surface area contributed by atoms with Crippen molar-refractivity contribution < 1.29 is 26.4 Å². The highest BCUT2D eigenvalue weighted by Crippen LogP contribution is 2.21. The molecule has 9 nitrogen and oxygen atoms in total. The van der Waals surface area contributed by atoms with Crippen LogP contribution in [0.1, 0.15) is 19.4 Å². The van der Waals surface area contributed by atoms with Gasteiger partial charge in [-0.1, -0.05) is 19.9 Å². The second-order valence-electron chi connectivity index (χ2n) is 6.58. The summed E-state index contributed by atoms with van der Waals surface area (Å²) in [7, 11) is -5.90. The average molecular weight is 470 g/mol. The van der Waals surface area contributed by atoms with Gasteiger partial charge in [0.05, 0.1) is 9.79 Å². The average Bonchev–Trinajstić information content (AvgIpc) is 2.74. The van der Waals surface area contributed by atoms with Crippen LogP contribution < -0.4 is 14.8 Å². The fourth-order valence-corrected chi connectivity index (χ4v) is 4.99. The Morgan fingerprint density at radius 3 is 2.10 bits per heavy atom. The summed E-state index contributed by atoms with van der Waals surface area (Å²) < 4.78 is 57.9. The Hall–Kier alpha value is -2.47. The Labute approximate surface area is 183 Å². The summed E-state index contributed by atoms with van der Waals surface area (Å²) in [5.41, 5.74) is 1.04. The second kappa shape index (κ2) is 10.2. The summed E-state index contributed by atoms with van der Waals surface area (Å²) >= 11 is 0. The van der Waals surface area contributed by atoms with Gasteiger partial charge in [-0.3, -0.25) is 4.79 Å². The number of amides is 1. The maximum atomic E-state index is 12.5. The fourth-order valence-electron chi connectivity index (χ4n) is 2.78. The van der Waals surface area contributed by atoms with E-state index in [0.717, 1.165) is 0 Å². The SMILES string of the molecule is CCN(CC)S(=O)(=O)c1ccc(OCC(=O)Nc2cc(S(=O)(=O)NC)ccc2C)cc1. The number of nitrogens with one attached hydrogen (secondary N) is 2. The van der Waals surface area contributed by atoms with Crippen LogP contribution in [0.15, 0.2) is 52.3 Å². The van der Waals surface area contributed by atoms with E-state index in [2.05, 4.69) is 10.0 Å². The number of ether oxygens (including phenoxy) is 1. The monoisotopic (exact) mass is 469 g/mol. The normalized spacial score (nSPS) is 12.0. The molecule has 0 saturated heterocycles. The lowest BCUT2D eigenvalue weighted by Crippen LogP contribution is -2.30. The summed E-state index contributed by atoms with van der Waals surface area (Å²) in [6, 6.07) is 10.2. The molecule has 2 aromatic rings. The maximum absolute atomic E-state index is 12.5. The van der Waals surface area contributed by atoms with Crippen molar-refractivity contribution in [1.82, 2.24) is 9.03 Å². The van der Waals surface area contributed by atoms with Crippen molar-refractivity contribution >= 4 is 31.6 Å². The molecule has 0 radical (unpaired) electrons. The van der Waals surface area contributed by atoms with Crippen LogP contribution in [0, 0.1) is 6.92 Å². The van der Waals surface area contributed by atoms with E-state index in [-0.39, 0.29) is 16.4 Å². The molecule has 2 N–H and O–H groups in total. The maximum Gasteiger partial charge on any atom is 0.262 e. The highest BCUT2D eigenvalue weighted by molar-refractivity contribution is 7.89. The molecular formula is C20H27N3O6S2. The summed E-state index contributed by atoms with van der Waals surface area (Å²) in [5, 5.41) is 2.62. The molecule has 0 atom stereocenters. The number of carbonyl (C=O) groups is 1. The van der Waals surface area contributed by atoms with Gasteiger partial charge in [0.1, 0.15) is 5.75 Å². The lowest BCUT2D eigenvalue weighted by molar-refractivity contribution is -0.118. The molecule has 0 saturated carbocycles. The van der Waals surface area contributed by atoms with E-state index in [4.69, 9.17) is 4.74 Å². The molecule has 2 aromatic carbocycles. The van der Waals surface area contributed by atoms with Crippen molar-refractivity contribution in [3.63, 3.8) is 0 Å². The Morgan fingerprint density at radius 1 is 0.968 bits per heavy atom. The molecule has 0 spiro atoms. The topological polar surface area (TPSA) is 122 Å². The molecule has 11 heteroatoms. The molecule has 1 amide bonds. The standard InChI is InChI=1S/C20H27N3O6S2/c1-5-23(6-2)31(27,28)17-11-8-16(9-12-17)29-14-20(24)22-19-13-18(10-7-15(19)3)30(25,26)21-4/h7-13,21H,5-6,14H2,1-4H3,(H,22,24). The van der Waals surface area contributed by atoms with Crippen LogP contribution in [0.2, 0.25) is 0 Å². The first-order valence-corrected chi connectivity index (χ1v) is 12.5. The van der Waals surface area contributed by atoms with E-state index in [0.29, 0.717) is 30.1 Å². The second-order valence-corrected chi connectivity index (χ2v) is 10.4. The Kier molecular flexibility index (Phi) is 8.18. The van der Waals surface area contributed by atoms with Crippen molar-refractivity contribution in [2.45, 2.75) is 30.6 Å². The number of sulfonamides is 2. The van der Waals surface area contributed by atoms with Gasteiger partial charge in [0.15, 0.2) is 6.61 Å². The number of benzene rings is 2. The number of hydrogen-bond donors (Lipinski definition) is 2. The van der Waals surface area contributed by atoms with E-state index in [1.165, 1.54) is 47.8 Å². The van der Waals surface area contributed by atoms with Crippen molar-refractivity contribution in [3.05, 3.63) is 48.0 Å². The number of hydrogen-bond acceptors (Lipinski definition) is 6. The minimum absolute atomic E-state index is 0.0295. The van der Waals surface area contributed by atoms with Gasteiger partial charge >= 0.3 is 0 Å². The number of aryl methyl sites for hydroxylation is 1. The Balaban J connectivity index is 2.05. The molecule has 0 bridgehead atoms. The van der Waals surface area contributed by atoms with E-state index in [1.807, 2.05) is 0 Å². The number of carbonyl (C=O) groups excluding carboxylic acids is 1. The Bertz CT molecular complexity index is 1130. The van der Waals surface area contributed by atoms with Crippen LogP contribution in [0.25, 0.3) is 0 Å². The third-order valence-electron chi connectivity index (χ3n) is 4.60. The van der Waals surface area contributed by atoms with Gasteiger partial charge < -0.3 is 10.1 Å². The molecule has 0 aliphatic heterocycles. The summed E-state index contributed by atoms with van der Waals surface area (Å²) in [4.78, 5) is 12.4. The van der Waals surface area contributed by atoms with Gasteiger partial charge in [-0.15, -0.1) is 0 Å². The molecule has 2 rings (SSSR count). The zero-order valence-corrected chi connectivity index (χ0v) is 19.5. The number of anilines is 1. The first-order valence-electron chi connectivity index (χ1n) is 9.62. The number of rotatable bonds is 10. The molecule has 0 unspecified atom stereocenters. The molecule has 0 heterocycles. The van der Waals surface area contributed by atoms with Crippen LogP contribution >= 0.6 is 0 Å². The minimum atomic E-state index is -3.64. The van der Waals surface area contributed by atoms with Crippen LogP contribution in [0.3, 0.4) is 0 Å². The van der Waals surface area contributed by atoms with E-state index in [1.54, 1.807) is 26.8 Å². The molecule has 0 aromatic heterocycles. The molecule has 0 aliphatic rings. The minimum Gasteiger partial charge on any atom is -0.484 e. The molecule has 0 fully saturated rings. The number of nitrogens with zero attached hydrogens (tertiary/aromatic N) is 1. The van der Waals surface area contributed by atoms with Crippen molar-refractivity contribution in [2.75, 3.05) is 32.1 Å². The van der Waals surface area contributed by atoms with Crippen LogP contribution in [0.5, 0.6) is 5.75 Å². The lowest BCUT2D eigenvalue weighted by Gasteiger charge is -2.18. The third-order valence-corrected chi connectivity index (χ3v) is 8.08. The van der Waals surface area contributed by atoms with Gasteiger partial charge in [-0.25, -0.2) is 21.6 Å². The van der Waals surface area contributed by atoms with Gasteiger partial charge in [0, 0.05) is 18.8 Å². The van der Waals surface area contributed by atoms with Gasteiger partial charge in [0.2, 0.25) is 20.0 Å². The van der Waals surface area contributed by atoms with Crippen LogP contribution in [-0.2, 0) is 24.8 Å². The highest BCUT2D eigenvalue weighted by atomic mass is 32.2. The van der Waals surface area contributed by atoms with E-state index >= 15 is 0 Å². The van der Waals surface area contributed by atoms with Crippen molar-refractivity contribution in [3.8, 4) is 5.75 Å². The van der Waals surface area contributed by atoms with Gasteiger partial charge in [0.25, 0.3) is 5.91 Å².